The third kappa shape index (κ3) is 3.35. The van der Waals surface area contributed by atoms with Crippen LogP contribution < -0.4 is 0 Å². The first-order chi connectivity index (χ1) is 4.57. The lowest BCUT2D eigenvalue weighted by molar-refractivity contribution is -0.128. The van der Waals surface area contributed by atoms with Gasteiger partial charge < -0.3 is 5.11 Å². The van der Waals surface area contributed by atoms with E-state index in [-0.39, 0.29) is 24.6 Å². The molecule has 0 aliphatic carbocycles. The van der Waals surface area contributed by atoms with Crippen molar-refractivity contribution in [1.82, 2.24) is 0 Å². The van der Waals surface area contributed by atoms with Gasteiger partial charge >= 0.3 is 0 Å². The summed E-state index contributed by atoms with van der Waals surface area (Å²) in [5.41, 5.74) is 0. The Morgan fingerprint density at radius 1 is 1.50 bits per heavy atom. The van der Waals surface area contributed by atoms with Gasteiger partial charge in [-0.1, -0.05) is 6.92 Å². The second-order valence-corrected chi connectivity index (χ2v) is 2.43. The van der Waals surface area contributed by atoms with Crippen LogP contribution >= 0.6 is 0 Å². The number of carbonyl (C=O) groups is 2. The minimum absolute atomic E-state index is 0.0538. The fourth-order valence-electron chi connectivity index (χ4n) is 0.521. The molecule has 1 unspecified atom stereocenters. The maximum Gasteiger partial charge on any atom is 0.145 e. The van der Waals surface area contributed by atoms with Crippen LogP contribution in [0.3, 0.4) is 0 Å². The Morgan fingerprint density at radius 2 is 2.00 bits per heavy atom. The van der Waals surface area contributed by atoms with Crippen molar-refractivity contribution in [2.24, 2.45) is 5.92 Å². The predicted molar refractivity (Wildman–Crippen MR) is 36.6 cm³/mol. The van der Waals surface area contributed by atoms with Crippen molar-refractivity contribution in [2.75, 3.05) is 6.61 Å². The molecule has 58 valence electrons. The Hall–Kier alpha value is -0.700. The highest BCUT2D eigenvalue weighted by atomic mass is 16.3. The van der Waals surface area contributed by atoms with Crippen LogP contribution in [0.1, 0.15) is 20.3 Å². The third-order valence-electron chi connectivity index (χ3n) is 1.25. The highest BCUT2D eigenvalue weighted by molar-refractivity contribution is 5.98. The minimum atomic E-state index is -0.399. The average molecular weight is 144 g/mol. The van der Waals surface area contributed by atoms with Gasteiger partial charge in [-0.2, -0.15) is 0 Å². The van der Waals surface area contributed by atoms with Crippen molar-refractivity contribution in [3.05, 3.63) is 0 Å². The van der Waals surface area contributed by atoms with Crippen LogP contribution in [0.25, 0.3) is 0 Å². The largest absolute Gasteiger partial charge is 0.396 e. The van der Waals surface area contributed by atoms with Gasteiger partial charge in [0, 0.05) is 5.92 Å². The quantitative estimate of drug-likeness (QED) is 0.572. The molecule has 1 N–H and O–H groups in total. The Bertz CT molecular complexity index is 140. The van der Waals surface area contributed by atoms with Gasteiger partial charge in [0.05, 0.1) is 13.0 Å². The Labute approximate surface area is 60.0 Å². The summed E-state index contributed by atoms with van der Waals surface area (Å²) >= 11 is 0. The number of carbonyl (C=O) groups excluding carboxylic acids is 2. The highest BCUT2D eigenvalue weighted by Crippen LogP contribution is 1.98. The molecule has 0 saturated carbocycles. The van der Waals surface area contributed by atoms with E-state index >= 15 is 0 Å². The summed E-state index contributed by atoms with van der Waals surface area (Å²) in [6.07, 6.45) is -0.0538. The standard InChI is InChI=1S/C7H12O3/c1-5(4-8)7(10)3-6(2)9/h5,8H,3-4H2,1-2H3. The van der Waals surface area contributed by atoms with Gasteiger partial charge in [0.2, 0.25) is 0 Å². The summed E-state index contributed by atoms with van der Waals surface area (Å²) in [5.74, 6) is -0.732. The minimum Gasteiger partial charge on any atom is -0.396 e. The Kier molecular flexibility index (Phi) is 3.88. The van der Waals surface area contributed by atoms with Gasteiger partial charge in [0.1, 0.15) is 11.6 Å². The lowest BCUT2D eigenvalue weighted by Gasteiger charge is -2.02. The second-order valence-electron chi connectivity index (χ2n) is 2.43. The normalized spacial score (nSPS) is 12.7. The van der Waals surface area contributed by atoms with E-state index in [2.05, 4.69) is 0 Å². The first-order valence-corrected chi connectivity index (χ1v) is 3.21. The van der Waals surface area contributed by atoms with Crippen LogP contribution in [0.2, 0.25) is 0 Å². The van der Waals surface area contributed by atoms with E-state index in [0.29, 0.717) is 0 Å². The van der Waals surface area contributed by atoms with E-state index < -0.39 is 5.92 Å². The fraction of sp³-hybridized carbons (Fsp3) is 0.714. The zero-order chi connectivity index (χ0) is 8.15. The monoisotopic (exact) mass is 144 g/mol. The molecule has 3 heteroatoms. The molecule has 0 fully saturated rings. The number of ketones is 2. The molecule has 0 amide bonds. The van der Waals surface area contributed by atoms with Crippen LogP contribution in [0.15, 0.2) is 0 Å². The molecule has 0 spiro atoms. The van der Waals surface area contributed by atoms with E-state index in [1.165, 1.54) is 6.92 Å². The summed E-state index contributed by atoms with van der Waals surface area (Å²) in [4.78, 5) is 21.2. The van der Waals surface area contributed by atoms with Gasteiger partial charge in [-0.3, -0.25) is 9.59 Å². The molecule has 0 heterocycles. The topological polar surface area (TPSA) is 54.4 Å². The molecule has 0 radical (unpaired) electrons. The van der Waals surface area contributed by atoms with Crippen molar-refractivity contribution >= 4 is 11.6 Å². The van der Waals surface area contributed by atoms with Crippen molar-refractivity contribution in [3.63, 3.8) is 0 Å². The van der Waals surface area contributed by atoms with Crippen LogP contribution in [-0.4, -0.2) is 23.3 Å². The van der Waals surface area contributed by atoms with E-state index in [9.17, 15) is 9.59 Å². The number of aliphatic hydroxyl groups excluding tert-OH is 1. The van der Waals surface area contributed by atoms with Gasteiger partial charge in [-0.25, -0.2) is 0 Å². The van der Waals surface area contributed by atoms with E-state index in [4.69, 9.17) is 5.11 Å². The van der Waals surface area contributed by atoms with Gasteiger partial charge in [-0.15, -0.1) is 0 Å². The average Bonchev–Trinajstić information content (AvgIpc) is 1.85. The van der Waals surface area contributed by atoms with Crippen molar-refractivity contribution < 1.29 is 14.7 Å². The van der Waals surface area contributed by atoms with Crippen molar-refractivity contribution in [2.45, 2.75) is 20.3 Å². The molecular weight excluding hydrogens is 132 g/mol. The van der Waals surface area contributed by atoms with Crippen LogP contribution in [0.4, 0.5) is 0 Å². The van der Waals surface area contributed by atoms with Crippen LogP contribution in [-0.2, 0) is 9.59 Å². The van der Waals surface area contributed by atoms with E-state index in [1.807, 2.05) is 0 Å². The zero-order valence-corrected chi connectivity index (χ0v) is 6.26. The molecular formula is C7H12O3. The zero-order valence-electron chi connectivity index (χ0n) is 6.26. The van der Waals surface area contributed by atoms with Gasteiger partial charge in [0.25, 0.3) is 0 Å². The van der Waals surface area contributed by atoms with E-state index in [0.717, 1.165) is 0 Å². The molecule has 0 aromatic heterocycles. The molecule has 0 bridgehead atoms. The lowest BCUT2D eigenvalue weighted by atomic mass is 10.0. The Morgan fingerprint density at radius 3 is 2.30 bits per heavy atom. The van der Waals surface area contributed by atoms with Crippen LogP contribution in [0, 0.1) is 5.92 Å². The first kappa shape index (κ1) is 9.30. The second kappa shape index (κ2) is 4.17. The van der Waals surface area contributed by atoms with E-state index in [1.54, 1.807) is 6.92 Å². The first-order valence-electron chi connectivity index (χ1n) is 3.21. The maximum absolute atomic E-state index is 10.8. The molecule has 3 nitrogen and oxygen atoms in total. The number of hydrogen-bond donors (Lipinski definition) is 1. The molecule has 0 saturated heterocycles. The Balaban J connectivity index is 3.73. The number of aliphatic hydroxyl groups is 1. The molecule has 1 atom stereocenters. The summed E-state index contributed by atoms with van der Waals surface area (Å²) in [6.45, 7) is 2.79. The van der Waals surface area contributed by atoms with Gasteiger partial charge in [0.15, 0.2) is 0 Å². The lowest BCUT2D eigenvalue weighted by Crippen LogP contribution is -2.17. The molecule has 0 aromatic carbocycles. The number of hydrogen-bond acceptors (Lipinski definition) is 3. The summed E-state index contributed by atoms with van der Waals surface area (Å²) in [7, 11) is 0. The smallest absolute Gasteiger partial charge is 0.145 e. The summed E-state index contributed by atoms with van der Waals surface area (Å²) in [5, 5.41) is 8.49. The van der Waals surface area contributed by atoms with Crippen molar-refractivity contribution in [3.8, 4) is 0 Å². The fourth-order valence-corrected chi connectivity index (χ4v) is 0.521. The number of Topliss-reactive ketones (excluding diaryl/α,β-unsaturated/α-hetero) is 2. The molecule has 0 rings (SSSR count). The molecule has 0 aliphatic heterocycles. The molecule has 10 heavy (non-hydrogen) atoms. The molecule has 0 aliphatic rings. The predicted octanol–water partition coefficient (Wildman–Crippen LogP) is 0.163. The molecule has 0 aromatic rings. The summed E-state index contributed by atoms with van der Waals surface area (Å²) in [6, 6.07) is 0. The van der Waals surface area contributed by atoms with Crippen molar-refractivity contribution in [1.29, 1.82) is 0 Å². The highest BCUT2D eigenvalue weighted by Gasteiger charge is 2.12. The SMILES string of the molecule is CC(=O)CC(=O)C(C)CO. The number of rotatable bonds is 4. The van der Waals surface area contributed by atoms with Gasteiger partial charge in [-0.05, 0) is 6.92 Å². The van der Waals surface area contributed by atoms with Crippen LogP contribution in [0.5, 0.6) is 0 Å². The summed E-state index contributed by atoms with van der Waals surface area (Å²) < 4.78 is 0. The third-order valence-corrected chi connectivity index (χ3v) is 1.25. The maximum atomic E-state index is 10.8.